The molecule has 2 rings (SSSR count). The highest BCUT2D eigenvalue weighted by Gasteiger charge is 2.16. The molecule has 5 heteroatoms. The van der Waals surface area contributed by atoms with E-state index in [4.69, 9.17) is 4.74 Å². The number of carbonyl (C=O) groups excluding carboxylic acids is 1. The Morgan fingerprint density at radius 1 is 1.56 bits per heavy atom. The molecule has 1 saturated heterocycles. The van der Waals surface area contributed by atoms with E-state index in [1.54, 1.807) is 6.07 Å². The van der Waals surface area contributed by atoms with Crippen molar-refractivity contribution in [2.24, 2.45) is 5.92 Å². The Morgan fingerprint density at radius 2 is 2.39 bits per heavy atom. The van der Waals surface area contributed by atoms with Gasteiger partial charge < -0.3 is 10.1 Å². The lowest BCUT2D eigenvalue weighted by Gasteiger charge is -2.09. The van der Waals surface area contributed by atoms with Crippen molar-refractivity contribution in [2.75, 3.05) is 19.8 Å². The number of halogens is 2. The third-order valence-electron chi connectivity index (χ3n) is 3.04. The monoisotopic (exact) mass is 315 g/mol. The third-order valence-corrected chi connectivity index (χ3v) is 3.53. The van der Waals surface area contributed by atoms with Crippen LogP contribution in [0.5, 0.6) is 0 Å². The maximum atomic E-state index is 13.5. The predicted molar refractivity (Wildman–Crippen MR) is 70.0 cm³/mol. The molecule has 1 atom stereocenters. The Bertz CT molecular complexity index is 433. The van der Waals surface area contributed by atoms with Gasteiger partial charge in [0, 0.05) is 24.2 Å². The SMILES string of the molecule is O=C(NCCC1CCOC1)c1ccc(Br)cc1F. The molecule has 0 aliphatic carbocycles. The van der Waals surface area contributed by atoms with Gasteiger partial charge in [0.1, 0.15) is 5.82 Å². The van der Waals surface area contributed by atoms with E-state index in [1.165, 1.54) is 12.1 Å². The summed E-state index contributed by atoms with van der Waals surface area (Å²) < 4.78 is 19.4. The summed E-state index contributed by atoms with van der Waals surface area (Å²) in [6.07, 6.45) is 1.92. The van der Waals surface area contributed by atoms with Gasteiger partial charge in [0.25, 0.3) is 5.91 Å². The summed E-state index contributed by atoms with van der Waals surface area (Å²) >= 11 is 3.16. The lowest BCUT2D eigenvalue weighted by Crippen LogP contribution is -2.26. The normalized spacial score (nSPS) is 18.9. The first-order valence-corrected chi connectivity index (χ1v) is 6.77. The lowest BCUT2D eigenvalue weighted by molar-refractivity contribution is 0.0946. The maximum Gasteiger partial charge on any atom is 0.254 e. The second-order valence-corrected chi connectivity index (χ2v) is 5.31. The molecule has 0 bridgehead atoms. The van der Waals surface area contributed by atoms with E-state index >= 15 is 0 Å². The number of rotatable bonds is 4. The van der Waals surface area contributed by atoms with E-state index in [9.17, 15) is 9.18 Å². The van der Waals surface area contributed by atoms with Crippen molar-refractivity contribution in [1.29, 1.82) is 0 Å². The zero-order valence-corrected chi connectivity index (χ0v) is 11.5. The highest BCUT2D eigenvalue weighted by Crippen LogP contribution is 2.17. The molecular weight excluding hydrogens is 301 g/mol. The van der Waals surface area contributed by atoms with Gasteiger partial charge in [-0.15, -0.1) is 0 Å². The Hall–Kier alpha value is -0.940. The molecule has 0 radical (unpaired) electrons. The van der Waals surface area contributed by atoms with Crippen LogP contribution < -0.4 is 5.32 Å². The molecule has 1 aliphatic heterocycles. The zero-order chi connectivity index (χ0) is 13.0. The van der Waals surface area contributed by atoms with Crippen LogP contribution in [-0.2, 0) is 4.74 Å². The molecule has 0 aromatic heterocycles. The van der Waals surface area contributed by atoms with Gasteiger partial charge in [0.15, 0.2) is 0 Å². The molecule has 1 aromatic carbocycles. The van der Waals surface area contributed by atoms with Crippen LogP contribution in [0, 0.1) is 11.7 Å². The van der Waals surface area contributed by atoms with Gasteiger partial charge in [0.2, 0.25) is 0 Å². The molecule has 18 heavy (non-hydrogen) atoms. The van der Waals surface area contributed by atoms with Gasteiger partial charge in [-0.3, -0.25) is 4.79 Å². The summed E-state index contributed by atoms with van der Waals surface area (Å²) in [5.41, 5.74) is 0.0841. The third kappa shape index (κ3) is 3.53. The minimum absolute atomic E-state index is 0.0841. The van der Waals surface area contributed by atoms with Crippen LogP contribution in [0.25, 0.3) is 0 Å². The molecule has 0 spiro atoms. The Morgan fingerprint density at radius 3 is 3.06 bits per heavy atom. The summed E-state index contributed by atoms with van der Waals surface area (Å²) in [7, 11) is 0. The van der Waals surface area contributed by atoms with Crippen LogP contribution >= 0.6 is 15.9 Å². The Balaban J connectivity index is 1.83. The van der Waals surface area contributed by atoms with E-state index in [0.29, 0.717) is 16.9 Å². The molecule has 1 aromatic rings. The highest BCUT2D eigenvalue weighted by molar-refractivity contribution is 9.10. The first-order valence-electron chi connectivity index (χ1n) is 5.98. The van der Waals surface area contributed by atoms with Crippen molar-refractivity contribution in [3.63, 3.8) is 0 Å². The molecular formula is C13H15BrFNO2. The van der Waals surface area contributed by atoms with E-state index in [0.717, 1.165) is 26.1 Å². The number of hydrogen-bond donors (Lipinski definition) is 1. The number of ether oxygens (including phenoxy) is 1. The van der Waals surface area contributed by atoms with Gasteiger partial charge in [-0.05, 0) is 37.0 Å². The van der Waals surface area contributed by atoms with Gasteiger partial charge in [-0.25, -0.2) is 4.39 Å². The topological polar surface area (TPSA) is 38.3 Å². The molecule has 1 aliphatic rings. The summed E-state index contributed by atoms with van der Waals surface area (Å²) in [6.45, 7) is 2.13. The molecule has 3 nitrogen and oxygen atoms in total. The predicted octanol–water partition coefficient (Wildman–Crippen LogP) is 2.74. The zero-order valence-electron chi connectivity index (χ0n) is 9.92. The fourth-order valence-electron chi connectivity index (χ4n) is 1.97. The van der Waals surface area contributed by atoms with Gasteiger partial charge in [-0.2, -0.15) is 0 Å². The average molecular weight is 316 g/mol. The second-order valence-electron chi connectivity index (χ2n) is 4.40. The van der Waals surface area contributed by atoms with Crippen LogP contribution in [0.1, 0.15) is 23.2 Å². The molecule has 1 unspecified atom stereocenters. The number of benzene rings is 1. The average Bonchev–Trinajstić information content (AvgIpc) is 2.81. The largest absolute Gasteiger partial charge is 0.381 e. The van der Waals surface area contributed by atoms with Crippen molar-refractivity contribution >= 4 is 21.8 Å². The van der Waals surface area contributed by atoms with E-state index in [2.05, 4.69) is 21.2 Å². The second kappa shape index (κ2) is 6.29. The quantitative estimate of drug-likeness (QED) is 0.927. The fourth-order valence-corrected chi connectivity index (χ4v) is 2.30. The number of nitrogens with one attached hydrogen (secondary N) is 1. The summed E-state index contributed by atoms with van der Waals surface area (Å²) in [4.78, 5) is 11.8. The van der Waals surface area contributed by atoms with Crippen LogP contribution in [-0.4, -0.2) is 25.7 Å². The smallest absolute Gasteiger partial charge is 0.254 e. The van der Waals surface area contributed by atoms with Crippen LogP contribution in [0.4, 0.5) is 4.39 Å². The van der Waals surface area contributed by atoms with Crippen molar-refractivity contribution in [1.82, 2.24) is 5.32 Å². The van der Waals surface area contributed by atoms with Crippen molar-refractivity contribution in [3.8, 4) is 0 Å². The molecule has 1 fully saturated rings. The molecule has 1 amide bonds. The number of hydrogen-bond acceptors (Lipinski definition) is 2. The Kier molecular flexibility index (Phi) is 4.72. The standard InChI is InChI=1S/C13H15BrFNO2/c14-10-1-2-11(12(15)7-10)13(17)16-5-3-9-4-6-18-8-9/h1-2,7,9H,3-6,8H2,(H,16,17). The number of carbonyl (C=O) groups is 1. The van der Waals surface area contributed by atoms with Gasteiger partial charge in [0.05, 0.1) is 5.56 Å². The number of amides is 1. The lowest BCUT2D eigenvalue weighted by atomic mass is 10.1. The van der Waals surface area contributed by atoms with Crippen molar-refractivity contribution in [2.45, 2.75) is 12.8 Å². The van der Waals surface area contributed by atoms with Crippen molar-refractivity contribution in [3.05, 3.63) is 34.1 Å². The van der Waals surface area contributed by atoms with Crippen LogP contribution in [0.15, 0.2) is 22.7 Å². The van der Waals surface area contributed by atoms with Crippen LogP contribution in [0.3, 0.4) is 0 Å². The Labute approximate surface area is 114 Å². The van der Waals surface area contributed by atoms with Gasteiger partial charge in [-0.1, -0.05) is 15.9 Å². The molecule has 1 N–H and O–H groups in total. The summed E-state index contributed by atoms with van der Waals surface area (Å²) in [6, 6.07) is 4.43. The van der Waals surface area contributed by atoms with E-state index in [1.807, 2.05) is 0 Å². The van der Waals surface area contributed by atoms with Gasteiger partial charge >= 0.3 is 0 Å². The molecule has 98 valence electrons. The van der Waals surface area contributed by atoms with E-state index < -0.39 is 5.82 Å². The minimum Gasteiger partial charge on any atom is -0.381 e. The van der Waals surface area contributed by atoms with Crippen LogP contribution in [0.2, 0.25) is 0 Å². The van der Waals surface area contributed by atoms with E-state index in [-0.39, 0.29) is 11.5 Å². The molecule has 0 saturated carbocycles. The first-order chi connectivity index (χ1) is 8.66. The highest BCUT2D eigenvalue weighted by atomic mass is 79.9. The summed E-state index contributed by atoms with van der Waals surface area (Å²) in [5, 5.41) is 2.74. The molecule has 1 heterocycles. The maximum absolute atomic E-state index is 13.5. The minimum atomic E-state index is -0.508. The fraction of sp³-hybridized carbons (Fsp3) is 0.462. The van der Waals surface area contributed by atoms with Crippen molar-refractivity contribution < 1.29 is 13.9 Å². The first kappa shape index (κ1) is 13.5. The summed E-state index contributed by atoms with van der Waals surface area (Å²) in [5.74, 6) is -0.356.